The van der Waals surface area contributed by atoms with Crippen molar-refractivity contribution in [1.29, 1.82) is 0 Å². The number of piperidine rings is 1. The minimum absolute atomic E-state index is 0. The predicted octanol–water partition coefficient (Wildman–Crippen LogP) is 2.26. The van der Waals surface area contributed by atoms with E-state index in [9.17, 15) is 9.59 Å². The summed E-state index contributed by atoms with van der Waals surface area (Å²) in [7, 11) is 1.95. The van der Waals surface area contributed by atoms with Crippen LogP contribution in [-0.2, 0) is 18.3 Å². The largest absolute Gasteiger partial charge is 0.481 e. The normalized spacial score (nSPS) is 14.2. The van der Waals surface area contributed by atoms with Crippen LogP contribution in [0.25, 0.3) is 11.2 Å². The number of carbonyl (C=O) groups excluding carboxylic acids is 1. The van der Waals surface area contributed by atoms with Crippen LogP contribution in [0.4, 0.5) is 0 Å². The van der Waals surface area contributed by atoms with Crippen LogP contribution >= 0.6 is 34.0 Å². The number of hydrogen-bond donors (Lipinski definition) is 3. The Bertz CT molecular complexity index is 806. The Morgan fingerprint density at radius 1 is 1.32 bits per heavy atom. The number of rotatable bonds is 7. The van der Waals surface area contributed by atoms with Gasteiger partial charge in [0, 0.05) is 26.2 Å². The first-order valence-electron chi connectivity index (χ1n) is 9.06. The second-order valence-corrected chi connectivity index (χ2v) is 6.79. The molecule has 3 heterocycles. The van der Waals surface area contributed by atoms with E-state index in [1.807, 2.05) is 11.6 Å². The number of aliphatic carboxylic acids is 1. The van der Waals surface area contributed by atoms with Crippen LogP contribution in [0.2, 0.25) is 0 Å². The number of nitrogens with zero attached hydrogens (tertiary/aromatic N) is 3. The van der Waals surface area contributed by atoms with E-state index in [0.29, 0.717) is 11.1 Å². The van der Waals surface area contributed by atoms with Crippen LogP contribution in [0.3, 0.4) is 0 Å². The van der Waals surface area contributed by atoms with Gasteiger partial charge in [-0.2, -0.15) is 0 Å². The van der Waals surface area contributed by atoms with E-state index in [1.165, 1.54) is 19.0 Å². The number of halogens is 2. The first kappa shape index (κ1) is 24.5. The number of carbonyl (C=O) groups is 2. The van der Waals surface area contributed by atoms with Crippen LogP contribution in [0.15, 0.2) is 12.3 Å². The van der Waals surface area contributed by atoms with Crippen molar-refractivity contribution in [2.45, 2.75) is 32.1 Å². The van der Waals surface area contributed by atoms with Crippen molar-refractivity contribution < 1.29 is 14.7 Å². The van der Waals surface area contributed by atoms with Gasteiger partial charge in [0.1, 0.15) is 11.3 Å². The molecule has 2 aromatic rings. The molecule has 156 valence electrons. The smallest absolute Gasteiger partial charge is 0.305 e. The number of aromatic nitrogens is 3. The van der Waals surface area contributed by atoms with E-state index in [-0.39, 0.29) is 52.8 Å². The van der Waals surface area contributed by atoms with Gasteiger partial charge in [0.25, 0.3) is 5.91 Å². The molecule has 0 atom stereocenters. The molecule has 3 N–H and O–H groups in total. The highest BCUT2D eigenvalue weighted by molar-refractivity contribution is 8.93. The molecule has 8 nitrogen and oxygen atoms in total. The molecule has 1 fully saturated rings. The first-order valence-corrected chi connectivity index (χ1v) is 9.06. The summed E-state index contributed by atoms with van der Waals surface area (Å²) in [6.45, 7) is 2.28. The van der Waals surface area contributed by atoms with Gasteiger partial charge in [-0.3, -0.25) is 9.59 Å². The predicted molar refractivity (Wildman–Crippen MR) is 118 cm³/mol. The lowest BCUT2D eigenvalue weighted by atomic mass is 9.93. The zero-order chi connectivity index (χ0) is 18.5. The van der Waals surface area contributed by atoms with Gasteiger partial charge in [0.15, 0.2) is 5.65 Å². The second-order valence-electron chi connectivity index (χ2n) is 6.79. The van der Waals surface area contributed by atoms with Gasteiger partial charge in [-0.15, -0.1) is 34.0 Å². The summed E-state index contributed by atoms with van der Waals surface area (Å²) in [5, 5.41) is 14.6. The molecule has 1 aliphatic heterocycles. The van der Waals surface area contributed by atoms with Gasteiger partial charge in [-0.25, -0.2) is 9.97 Å². The van der Waals surface area contributed by atoms with Gasteiger partial charge < -0.3 is 20.3 Å². The fourth-order valence-electron chi connectivity index (χ4n) is 3.36. The number of fused-ring (bicyclic) bond motifs is 1. The van der Waals surface area contributed by atoms with E-state index in [0.717, 1.165) is 43.3 Å². The van der Waals surface area contributed by atoms with Crippen LogP contribution in [0.5, 0.6) is 0 Å². The molecule has 0 saturated carbocycles. The van der Waals surface area contributed by atoms with Crippen molar-refractivity contribution in [2.75, 3.05) is 19.6 Å². The Morgan fingerprint density at radius 2 is 2.04 bits per heavy atom. The molecule has 1 aliphatic rings. The van der Waals surface area contributed by atoms with Crippen molar-refractivity contribution in [3.63, 3.8) is 0 Å². The van der Waals surface area contributed by atoms with Crippen LogP contribution in [0.1, 0.15) is 41.9 Å². The zero-order valence-electron chi connectivity index (χ0n) is 15.8. The SMILES string of the molecule is Br.Br.Cn1c(CCC2CCNCC2)nc2cc(C(=O)NCCC(=O)O)cnc21. The molecule has 0 radical (unpaired) electrons. The second kappa shape index (κ2) is 11.5. The molecule has 28 heavy (non-hydrogen) atoms. The zero-order valence-corrected chi connectivity index (χ0v) is 19.2. The van der Waals surface area contributed by atoms with Crippen molar-refractivity contribution in [2.24, 2.45) is 13.0 Å². The van der Waals surface area contributed by atoms with E-state index < -0.39 is 5.97 Å². The number of aryl methyl sites for hydroxylation is 2. The molecular weight excluding hydrogens is 494 g/mol. The number of pyridine rings is 1. The minimum atomic E-state index is -0.943. The molecule has 2 aromatic heterocycles. The molecule has 0 bridgehead atoms. The van der Waals surface area contributed by atoms with Crippen molar-refractivity contribution in [3.05, 3.63) is 23.7 Å². The van der Waals surface area contributed by atoms with E-state index in [2.05, 4.69) is 20.6 Å². The molecule has 3 rings (SSSR count). The average molecular weight is 521 g/mol. The monoisotopic (exact) mass is 519 g/mol. The lowest BCUT2D eigenvalue weighted by Gasteiger charge is -2.22. The summed E-state index contributed by atoms with van der Waals surface area (Å²) in [6.07, 6.45) is 5.84. The van der Waals surface area contributed by atoms with Crippen molar-refractivity contribution >= 4 is 57.0 Å². The molecule has 10 heteroatoms. The van der Waals surface area contributed by atoms with Gasteiger partial charge in [0.2, 0.25) is 0 Å². The molecule has 1 saturated heterocycles. The lowest BCUT2D eigenvalue weighted by Crippen LogP contribution is -2.28. The van der Waals surface area contributed by atoms with Gasteiger partial charge in [-0.05, 0) is 44.3 Å². The Labute approximate surface area is 185 Å². The third-order valence-electron chi connectivity index (χ3n) is 4.92. The van der Waals surface area contributed by atoms with E-state index >= 15 is 0 Å². The van der Waals surface area contributed by atoms with E-state index in [4.69, 9.17) is 5.11 Å². The number of carboxylic acids is 1. The molecule has 0 aliphatic carbocycles. The van der Waals surface area contributed by atoms with Crippen LogP contribution in [-0.4, -0.2) is 51.2 Å². The molecule has 1 amide bonds. The fourth-order valence-corrected chi connectivity index (χ4v) is 3.36. The van der Waals surface area contributed by atoms with Crippen molar-refractivity contribution in [3.8, 4) is 0 Å². The maximum Gasteiger partial charge on any atom is 0.305 e. The minimum Gasteiger partial charge on any atom is -0.481 e. The van der Waals surface area contributed by atoms with Gasteiger partial charge in [0.05, 0.1) is 12.0 Å². The van der Waals surface area contributed by atoms with E-state index in [1.54, 1.807) is 6.07 Å². The Kier molecular flexibility index (Phi) is 10.0. The third kappa shape index (κ3) is 6.25. The Morgan fingerprint density at radius 3 is 2.71 bits per heavy atom. The summed E-state index contributed by atoms with van der Waals surface area (Å²) in [4.78, 5) is 31.7. The standard InChI is InChI=1S/C18H25N5O3.2BrH/c1-23-15(3-2-12-4-7-19-8-5-12)22-14-10-13(11-21-17(14)23)18(26)20-9-6-16(24)25;;/h10-12,19H,2-9H2,1H3,(H,20,26)(H,24,25);2*1H. The molecule has 0 aromatic carbocycles. The topological polar surface area (TPSA) is 109 Å². The number of carboxylic acid groups (broad SMARTS) is 1. The first-order chi connectivity index (χ1) is 12.5. The van der Waals surface area contributed by atoms with Crippen molar-refractivity contribution in [1.82, 2.24) is 25.2 Å². The quantitative estimate of drug-likeness (QED) is 0.516. The number of nitrogens with one attached hydrogen (secondary N) is 2. The highest BCUT2D eigenvalue weighted by Gasteiger charge is 2.16. The highest BCUT2D eigenvalue weighted by Crippen LogP contribution is 2.20. The molecular formula is C18H27Br2N5O3. The number of imidazole rings is 1. The summed E-state index contributed by atoms with van der Waals surface area (Å²) in [6, 6.07) is 1.71. The Balaban J connectivity index is 0.00000196. The average Bonchev–Trinajstić information content (AvgIpc) is 2.96. The van der Waals surface area contributed by atoms with Gasteiger partial charge in [-0.1, -0.05) is 0 Å². The summed E-state index contributed by atoms with van der Waals surface area (Å²) < 4.78 is 1.99. The van der Waals surface area contributed by atoms with Crippen LogP contribution in [0, 0.1) is 5.92 Å². The van der Waals surface area contributed by atoms with Crippen LogP contribution < -0.4 is 10.6 Å². The van der Waals surface area contributed by atoms with Gasteiger partial charge >= 0.3 is 5.97 Å². The highest BCUT2D eigenvalue weighted by atomic mass is 79.9. The lowest BCUT2D eigenvalue weighted by molar-refractivity contribution is -0.136. The fraction of sp³-hybridized carbons (Fsp3) is 0.556. The number of amides is 1. The third-order valence-corrected chi connectivity index (χ3v) is 4.92. The molecule has 0 unspecified atom stereocenters. The summed E-state index contributed by atoms with van der Waals surface area (Å²) >= 11 is 0. The Hall–Kier alpha value is -1.52. The summed E-state index contributed by atoms with van der Waals surface area (Å²) in [5.74, 6) is 0.443. The molecule has 0 spiro atoms. The maximum absolute atomic E-state index is 12.1. The summed E-state index contributed by atoms with van der Waals surface area (Å²) in [5.41, 5.74) is 1.84. The maximum atomic E-state index is 12.1. The number of hydrogen-bond acceptors (Lipinski definition) is 5.